The van der Waals surface area contributed by atoms with Crippen molar-refractivity contribution < 1.29 is 9.53 Å². The molecule has 2 fully saturated rings. The van der Waals surface area contributed by atoms with Crippen LogP contribution < -0.4 is 0 Å². The van der Waals surface area contributed by atoms with E-state index < -0.39 is 0 Å². The maximum atomic E-state index is 12.3. The first-order chi connectivity index (χ1) is 8.81. The molecule has 0 bridgehead atoms. The minimum Gasteiger partial charge on any atom is -0.378 e. The lowest BCUT2D eigenvalue weighted by atomic mass is 9.95. The van der Waals surface area contributed by atoms with Crippen molar-refractivity contribution in [3.8, 4) is 0 Å². The van der Waals surface area contributed by atoms with Gasteiger partial charge in [-0.25, -0.2) is 0 Å². The largest absolute Gasteiger partial charge is 0.378 e. The normalized spacial score (nSPS) is 23.3. The molecule has 0 aromatic carbocycles. The summed E-state index contributed by atoms with van der Waals surface area (Å²) in [6.45, 7) is 8.62. The summed E-state index contributed by atoms with van der Waals surface area (Å²) in [5.74, 6) is 0.634. The Kier molecular flexibility index (Phi) is 5.45. The molecule has 1 amide bonds. The molecule has 2 rings (SSSR count). The molecular weight excluding hydrogens is 228 g/mol. The molecule has 2 aliphatic rings. The van der Waals surface area contributed by atoms with Crippen molar-refractivity contribution in [1.29, 1.82) is 0 Å². The van der Waals surface area contributed by atoms with Crippen LogP contribution in [0.2, 0.25) is 0 Å². The molecule has 2 aliphatic heterocycles. The molecule has 0 unspecified atom stereocenters. The van der Waals surface area contributed by atoms with Crippen LogP contribution in [0.3, 0.4) is 0 Å². The van der Waals surface area contributed by atoms with Gasteiger partial charge in [0.15, 0.2) is 0 Å². The average Bonchev–Trinajstić information content (AvgIpc) is 2.46. The fourth-order valence-corrected chi connectivity index (χ4v) is 2.83. The van der Waals surface area contributed by atoms with E-state index in [0.29, 0.717) is 19.1 Å². The van der Waals surface area contributed by atoms with Gasteiger partial charge in [0.05, 0.1) is 13.2 Å². The molecule has 0 atom stereocenters. The lowest BCUT2D eigenvalue weighted by molar-refractivity contribution is -0.141. The highest BCUT2D eigenvalue weighted by atomic mass is 16.5. The zero-order chi connectivity index (χ0) is 12.8. The molecule has 0 aromatic heterocycles. The van der Waals surface area contributed by atoms with Crippen molar-refractivity contribution in [3.63, 3.8) is 0 Å². The van der Waals surface area contributed by atoms with Crippen molar-refractivity contribution >= 4 is 5.91 Å². The average molecular weight is 254 g/mol. The van der Waals surface area contributed by atoms with Gasteiger partial charge in [-0.2, -0.15) is 0 Å². The molecule has 4 nitrogen and oxygen atoms in total. The Morgan fingerprint density at radius 2 is 1.83 bits per heavy atom. The van der Waals surface area contributed by atoms with Crippen LogP contribution in [0, 0.1) is 5.92 Å². The highest BCUT2D eigenvalue weighted by Crippen LogP contribution is 2.20. The second kappa shape index (κ2) is 7.10. The van der Waals surface area contributed by atoms with Crippen molar-refractivity contribution in [2.24, 2.45) is 5.92 Å². The molecule has 4 heteroatoms. The van der Waals surface area contributed by atoms with Crippen LogP contribution in [0.25, 0.3) is 0 Å². The van der Waals surface area contributed by atoms with E-state index in [4.69, 9.17) is 4.74 Å². The number of likely N-dealkylation sites (tertiary alicyclic amines) is 1. The molecule has 0 spiro atoms. The highest BCUT2D eigenvalue weighted by Gasteiger charge is 2.28. The number of amides is 1. The van der Waals surface area contributed by atoms with Crippen molar-refractivity contribution in [2.45, 2.75) is 32.6 Å². The predicted octanol–water partition coefficient (Wildman–Crippen LogP) is 1.36. The molecule has 18 heavy (non-hydrogen) atoms. The van der Waals surface area contributed by atoms with Crippen LogP contribution in [0.15, 0.2) is 0 Å². The first-order valence-corrected chi connectivity index (χ1v) is 7.40. The quantitative estimate of drug-likeness (QED) is 0.759. The Hall–Kier alpha value is -0.610. The van der Waals surface area contributed by atoms with Crippen LogP contribution >= 0.6 is 0 Å². The fourth-order valence-electron chi connectivity index (χ4n) is 2.83. The van der Waals surface area contributed by atoms with E-state index in [1.165, 1.54) is 19.4 Å². The number of hydrogen-bond acceptors (Lipinski definition) is 3. The van der Waals surface area contributed by atoms with Gasteiger partial charge in [0.1, 0.15) is 0 Å². The van der Waals surface area contributed by atoms with Gasteiger partial charge in [0, 0.05) is 19.0 Å². The minimum atomic E-state index is 0.265. The molecule has 0 saturated carbocycles. The van der Waals surface area contributed by atoms with E-state index in [0.717, 1.165) is 39.0 Å². The maximum absolute atomic E-state index is 12.3. The Bertz CT molecular complexity index is 257. The van der Waals surface area contributed by atoms with E-state index in [1.807, 2.05) is 4.90 Å². The van der Waals surface area contributed by atoms with Crippen molar-refractivity contribution in [1.82, 2.24) is 9.80 Å². The number of carbonyl (C=O) groups excluding carboxylic acids is 1. The Labute approximate surface area is 110 Å². The van der Waals surface area contributed by atoms with Crippen LogP contribution in [-0.2, 0) is 9.53 Å². The molecule has 2 saturated heterocycles. The smallest absolute Gasteiger partial charge is 0.225 e. The number of hydrogen-bond donors (Lipinski definition) is 0. The lowest BCUT2D eigenvalue weighted by Crippen LogP contribution is -2.46. The first kappa shape index (κ1) is 13.8. The van der Waals surface area contributed by atoms with Crippen molar-refractivity contribution in [2.75, 3.05) is 45.9 Å². The number of ether oxygens (including phenoxy) is 1. The van der Waals surface area contributed by atoms with Gasteiger partial charge in [0.25, 0.3) is 0 Å². The molecule has 2 heterocycles. The lowest BCUT2D eigenvalue weighted by Gasteiger charge is -2.35. The van der Waals surface area contributed by atoms with Gasteiger partial charge < -0.3 is 14.5 Å². The second-order valence-corrected chi connectivity index (χ2v) is 5.41. The highest BCUT2D eigenvalue weighted by molar-refractivity contribution is 5.79. The van der Waals surface area contributed by atoms with Gasteiger partial charge in [0.2, 0.25) is 5.91 Å². The van der Waals surface area contributed by atoms with E-state index in [-0.39, 0.29) is 5.92 Å². The summed E-state index contributed by atoms with van der Waals surface area (Å²) in [4.78, 5) is 16.8. The summed E-state index contributed by atoms with van der Waals surface area (Å²) in [5.41, 5.74) is 0. The molecule has 0 radical (unpaired) electrons. The standard InChI is InChI=1S/C14H26N2O2/c1-2-3-6-15-7-4-13(5-8-15)14(17)16-9-11-18-12-10-16/h13H,2-12H2,1H3. The SMILES string of the molecule is CCCCN1CCC(C(=O)N2CCOCC2)CC1. The van der Waals surface area contributed by atoms with Crippen molar-refractivity contribution in [3.05, 3.63) is 0 Å². The topological polar surface area (TPSA) is 32.8 Å². The summed E-state index contributed by atoms with van der Waals surface area (Å²) in [7, 11) is 0. The Balaban J connectivity index is 1.73. The summed E-state index contributed by atoms with van der Waals surface area (Å²) in [5, 5.41) is 0. The van der Waals surface area contributed by atoms with Gasteiger partial charge in [-0.05, 0) is 38.9 Å². The Morgan fingerprint density at radius 3 is 2.44 bits per heavy atom. The Morgan fingerprint density at radius 1 is 1.17 bits per heavy atom. The summed E-state index contributed by atoms with van der Waals surface area (Å²) in [6, 6.07) is 0. The van der Waals surface area contributed by atoms with E-state index in [2.05, 4.69) is 11.8 Å². The van der Waals surface area contributed by atoms with E-state index >= 15 is 0 Å². The maximum Gasteiger partial charge on any atom is 0.225 e. The monoisotopic (exact) mass is 254 g/mol. The third-order valence-electron chi connectivity index (χ3n) is 4.09. The number of rotatable bonds is 4. The molecular formula is C14H26N2O2. The van der Waals surface area contributed by atoms with E-state index in [9.17, 15) is 4.79 Å². The summed E-state index contributed by atoms with van der Waals surface area (Å²) >= 11 is 0. The molecule has 104 valence electrons. The predicted molar refractivity (Wildman–Crippen MR) is 71.5 cm³/mol. The van der Waals surface area contributed by atoms with Gasteiger partial charge in [-0.3, -0.25) is 4.79 Å². The fraction of sp³-hybridized carbons (Fsp3) is 0.929. The number of morpholine rings is 1. The number of unbranched alkanes of at least 4 members (excludes halogenated alkanes) is 1. The molecule has 0 aromatic rings. The summed E-state index contributed by atoms with van der Waals surface area (Å²) < 4.78 is 5.30. The number of piperidine rings is 1. The van der Waals surface area contributed by atoms with Crippen LogP contribution in [0.4, 0.5) is 0 Å². The molecule has 0 N–H and O–H groups in total. The first-order valence-electron chi connectivity index (χ1n) is 7.40. The zero-order valence-corrected chi connectivity index (χ0v) is 11.6. The third kappa shape index (κ3) is 3.69. The van der Waals surface area contributed by atoms with E-state index in [1.54, 1.807) is 0 Å². The van der Waals surface area contributed by atoms with Crippen LogP contribution in [0.1, 0.15) is 32.6 Å². The van der Waals surface area contributed by atoms with Gasteiger partial charge >= 0.3 is 0 Å². The second-order valence-electron chi connectivity index (χ2n) is 5.41. The van der Waals surface area contributed by atoms with Crippen LogP contribution in [0.5, 0.6) is 0 Å². The number of nitrogens with zero attached hydrogens (tertiary/aromatic N) is 2. The van der Waals surface area contributed by atoms with Crippen LogP contribution in [-0.4, -0.2) is 61.6 Å². The zero-order valence-electron chi connectivity index (χ0n) is 11.6. The van der Waals surface area contributed by atoms with Gasteiger partial charge in [-0.1, -0.05) is 13.3 Å². The summed E-state index contributed by atoms with van der Waals surface area (Å²) in [6.07, 6.45) is 4.62. The number of carbonyl (C=O) groups is 1. The third-order valence-corrected chi connectivity index (χ3v) is 4.09. The minimum absolute atomic E-state index is 0.265. The van der Waals surface area contributed by atoms with Gasteiger partial charge in [-0.15, -0.1) is 0 Å². The molecule has 0 aliphatic carbocycles.